The molecular formula is C15H22ClN3O5S2. The van der Waals surface area contributed by atoms with Crippen molar-refractivity contribution in [3.63, 3.8) is 0 Å². The van der Waals surface area contributed by atoms with Crippen molar-refractivity contribution in [3.8, 4) is 0 Å². The lowest BCUT2D eigenvalue weighted by molar-refractivity contribution is -0.122. The van der Waals surface area contributed by atoms with Gasteiger partial charge in [-0.1, -0.05) is 11.6 Å². The molecule has 146 valence electrons. The number of carbonyl (C=O) groups excluding carboxylic acids is 1. The monoisotopic (exact) mass is 423 g/mol. The number of benzene rings is 1. The molecule has 0 saturated carbocycles. The molecule has 1 N–H and O–H groups in total. The first-order valence-electron chi connectivity index (χ1n) is 8.04. The number of hydrogen-bond donors (Lipinski definition) is 1. The van der Waals surface area contributed by atoms with Gasteiger partial charge in [-0.25, -0.2) is 16.8 Å². The van der Waals surface area contributed by atoms with Gasteiger partial charge in [0.05, 0.1) is 16.5 Å². The van der Waals surface area contributed by atoms with Crippen LogP contribution in [0.5, 0.6) is 0 Å². The van der Waals surface area contributed by atoms with Crippen LogP contribution in [0, 0.1) is 0 Å². The molecule has 26 heavy (non-hydrogen) atoms. The summed E-state index contributed by atoms with van der Waals surface area (Å²) in [4.78, 5) is 13.2. The lowest BCUT2D eigenvalue weighted by atomic mass is 10.3. The standard InChI is InChI=1S/C15H22ClN3O5S2/c1-3-17-15(20)11-18-6-8-19(9-7-18)26(23,24)14-10-12(25(2,21)22)4-5-13(14)16/h4-5,10H,3,6-9,11H2,1-2H3,(H,17,20). The highest BCUT2D eigenvalue weighted by Gasteiger charge is 2.31. The van der Waals surface area contributed by atoms with Crippen LogP contribution in [0.15, 0.2) is 28.0 Å². The Morgan fingerprint density at radius 3 is 2.31 bits per heavy atom. The fraction of sp³-hybridized carbons (Fsp3) is 0.533. The van der Waals surface area contributed by atoms with Gasteiger partial charge in [0.15, 0.2) is 9.84 Å². The van der Waals surface area contributed by atoms with E-state index in [1.165, 1.54) is 16.4 Å². The number of halogens is 1. The van der Waals surface area contributed by atoms with Crippen LogP contribution < -0.4 is 5.32 Å². The quantitative estimate of drug-likeness (QED) is 0.700. The Bertz CT molecular complexity index is 879. The van der Waals surface area contributed by atoms with Crippen LogP contribution in [0.1, 0.15) is 6.92 Å². The van der Waals surface area contributed by atoms with Gasteiger partial charge < -0.3 is 5.32 Å². The largest absolute Gasteiger partial charge is 0.355 e. The number of likely N-dealkylation sites (N-methyl/N-ethyl adjacent to an activating group) is 1. The van der Waals surface area contributed by atoms with Gasteiger partial charge in [0.1, 0.15) is 4.90 Å². The van der Waals surface area contributed by atoms with E-state index in [-0.39, 0.29) is 40.4 Å². The molecule has 0 aromatic heterocycles. The van der Waals surface area contributed by atoms with Gasteiger partial charge in [-0.15, -0.1) is 0 Å². The molecule has 0 spiro atoms. The number of piperazine rings is 1. The molecule has 1 heterocycles. The van der Waals surface area contributed by atoms with Crippen molar-refractivity contribution in [2.24, 2.45) is 0 Å². The molecular weight excluding hydrogens is 402 g/mol. The molecule has 0 atom stereocenters. The summed E-state index contributed by atoms with van der Waals surface area (Å²) in [6.45, 7) is 3.78. The highest BCUT2D eigenvalue weighted by molar-refractivity contribution is 7.91. The number of hydrogen-bond acceptors (Lipinski definition) is 6. The van der Waals surface area contributed by atoms with E-state index in [4.69, 9.17) is 11.6 Å². The molecule has 1 fully saturated rings. The van der Waals surface area contributed by atoms with E-state index in [1.54, 1.807) is 0 Å². The Morgan fingerprint density at radius 1 is 1.15 bits per heavy atom. The van der Waals surface area contributed by atoms with E-state index >= 15 is 0 Å². The molecule has 2 rings (SSSR count). The predicted molar refractivity (Wildman–Crippen MR) is 98.4 cm³/mol. The summed E-state index contributed by atoms with van der Waals surface area (Å²) in [5.41, 5.74) is 0. The fourth-order valence-electron chi connectivity index (χ4n) is 2.64. The van der Waals surface area contributed by atoms with E-state index in [0.29, 0.717) is 19.6 Å². The second-order valence-electron chi connectivity index (χ2n) is 6.00. The molecule has 1 aliphatic heterocycles. The van der Waals surface area contributed by atoms with E-state index in [1.807, 2.05) is 11.8 Å². The van der Waals surface area contributed by atoms with Crippen molar-refractivity contribution >= 4 is 37.4 Å². The third-order valence-electron chi connectivity index (χ3n) is 4.02. The first-order valence-corrected chi connectivity index (χ1v) is 11.8. The summed E-state index contributed by atoms with van der Waals surface area (Å²) in [5.74, 6) is -0.104. The molecule has 0 radical (unpaired) electrons. The molecule has 1 aromatic rings. The average molecular weight is 424 g/mol. The zero-order chi connectivity index (χ0) is 19.5. The summed E-state index contributed by atoms with van der Waals surface area (Å²) >= 11 is 6.02. The van der Waals surface area contributed by atoms with Crippen LogP contribution in [-0.4, -0.2) is 77.5 Å². The van der Waals surface area contributed by atoms with Gasteiger partial charge in [-0.2, -0.15) is 4.31 Å². The maximum atomic E-state index is 12.9. The van der Waals surface area contributed by atoms with Crippen LogP contribution in [0.2, 0.25) is 5.02 Å². The smallest absolute Gasteiger partial charge is 0.244 e. The number of nitrogens with zero attached hydrogens (tertiary/aromatic N) is 2. The summed E-state index contributed by atoms with van der Waals surface area (Å²) in [6.07, 6.45) is 1.01. The fourth-order valence-corrected chi connectivity index (χ4v) is 5.28. The number of carbonyl (C=O) groups is 1. The third kappa shape index (κ3) is 4.95. The van der Waals surface area contributed by atoms with Crippen molar-refractivity contribution < 1.29 is 21.6 Å². The number of rotatable bonds is 6. The number of amides is 1. The third-order valence-corrected chi connectivity index (χ3v) is 7.51. The van der Waals surface area contributed by atoms with Gasteiger partial charge in [0, 0.05) is 39.0 Å². The predicted octanol–water partition coefficient (Wildman–Crippen LogP) is 0.186. The molecule has 0 bridgehead atoms. The van der Waals surface area contributed by atoms with E-state index in [2.05, 4.69) is 5.32 Å². The summed E-state index contributed by atoms with van der Waals surface area (Å²) in [7, 11) is -7.48. The first kappa shape index (κ1) is 21.1. The number of sulfone groups is 1. The lowest BCUT2D eigenvalue weighted by Gasteiger charge is -2.33. The molecule has 1 saturated heterocycles. The SMILES string of the molecule is CCNC(=O)CN1CCN(S(=O)(=O)c2cc(S(C)(=O)=O)ccc2Cl)CC1. The number of sulfonamides is 1. The minimum atomic E-state index is -3.93. The van der Waals surface area contributed by atoms with Gasteiger partial charge in [-0.3, -0.25) is 9.69 Å². The molecule has 11 heteroatoms. The van der Waals surface area contributed by atoms with Gasteiger partial charge >= 0.3 is 0 Å². The van der Waals surface area contributed by atoms with E-state index < -0.39 is 19.9 Å². The average Bonchev–Trinajstić information content (AvgIpc) is 2.54. The maximum Gasteiger partial charge on any atom is 0.244 e. The minimum absolute atomic E-state index is 0.0258. The highest BCUT2D eigenvalue weighted by atomic mass is 35.5. The Balaban J connectivity index is 2.16. The van der Waals surface area contributed by atoms with Crippen LogP contribution >= 0.6 is 11.6 Å². The highest BCUT2D eigenvalue weighted by Crippen LogP contribution is 2.28. The van der Waals surface area contributed by atoms with Crippen LogP contribution in [0.25, 0.3) is 0 Å². The van der Waals surface area contributed by atoms with E-state index in [9.17, 15) is 21.6 Å². The normalized spacial score (nSPS) is 17.2. The topological polar surface area (TPSA) is 104 Å². The molecule has 1 aliphatic rings. The van der Waals surface area contributed by atoms with E-state index in [0.717, 1.165) is 12.3 Å². The van der Waals surface area contributed by atoms with Gasteiger partial charge in [-0.05, 0) is 25.1 Å². The maximum absolute atomic E-state index is 12.9. The Kier molecular flexibility index (Phi) is 6.67. The molecule has 8 nitrogen and oxygen atoms in total. The van der Waals surface area contributed by atoms with Crippen LogP contribution in [-0.2, 0) is 24.7 Å². The summed E-state index contributed by atoms with van der Waals surface area (Å²) in [5, 5.41) is 2.68. The lowest BCUT2D eigenvalue weighted by Crippen LogP contribution is -2.51. The van der Waals surface area contributed by atoms with Gasteiger partial charge in [0.2, 0.25) is 15.9 Å². The van der Waals surface area contributed by atoms with Crippen LogP contribution in [0.3, 0.4) is 0 Å². The minimum Gasteiger partial charge on any atom is -0.355 e. The Morgan fingerprint density at radius 2 is 1.77 bits per heavy atom. The Labute approximate surface area is 159 Å². The second kappa shape index (κ2) is 8.22. The first-order chi connectivity index (χ1) is 12.1. The van der Waals surface area contributed by atoms with Crippen molar-refractivity contribution in [2.45, 2.75) is 16.7 Å². The molecule has 0 unspecified atom stereocenters. The van der Waals surface area contributed by atoms with Crippen molar-refractivity contribution in [2.75, 3.05) is 45.5 Å². The van der Waals surface area contributed by atoms with Crippen molar-refractivity contribution in [3.05, 3.63) is 23.2 Å². The molecule has 0 aliphatic carbocycles. The van der Waals surface area contributed by atoms with Crippen molar-refractivity contribution in [1.82, 2.24) is 14.5 Å². The second-order valence-corrected chi connectivity index (χ2v) is 10.3. The summed E-state index contributed by atoms with van der Waals surface area (Å²) < 4.78 is 50.4. The van der Waals surface area contributed by atoms with Crippen molar-refractivity contribution in [1.29, 1.82) is 0 Å². The summed E-state index contributed by atoms with van der Waals surface area (Å²) in [6, 6.07) is 3.64. The number of nitrogens with one attached hydrogen (secondary N) is 1. The van der Waals surface area contributed by atoms with Crippen LogP contribution in [0.4, 0.5) is 0 Å². The van der Waals surface area contributed by atoms with Gasteiger partial charge in [0.25, 0.3) is 0 Å². The Hall–Kier alpha value is -1.20. The molecule has 1 aromatic carbocycles. The zero-order valence-corrected chi connectivity index (χ0v) is 17.0. The zero-order valence-electron chi connectivity index (χ0n) is 14.6. The molecule has 1 amide bonds.